The van der Waals surface area contributed by atoms with Crippen molar-refractivity contribution in [3.05, 3.63) is 45.2 Å². The Morgan fingerprint density at radius 1 is 1.41 bits per heavy atom. The molecule has 2 rings (SSSR count). The quantitative estimate of drug-likeness (QED) is 0.687. The number of nitrogens with zero attached hydrogens (tertiary/aromatic N) is 1. The number of methoxy groups -OCH3 is 1. The molecule has 1 amide bonds. The number of halogens is 4. The molecule has 27 heavy (non-hydrogen) atoms. The molecular formula is C16H14ClF3N2O4S. The minimum atomic E-state index is -4.54. The van der Waals surface area contributed by atoms with Crippen LogP contribution in [0.3, 0.4) is 0 Å². The van der Waals surface area contributed by atoms with Crippen molar-refractivity contribution in [1.82, 2.24) is 10.3 Å². The Hall–Kier alpha value is -2.33. The predicted octanol–water partition coefficient (Wildman–Crippen LogP) is 3.77. The average Bonchev–Trinajstić information content (AvgIpc) is 3.13. The van der Waals surface area contributed by atoms with Crippen molar-refractivity contribution in [2.45, 2.75) is 18.6 Å². The van der Waals surface area contributed by atoms with E-state index in [1.54, 1.807) is 17.5 Å². The van der Waals surface area contributed by atoms with Crippen molar-refractivity contribution >= 4 is 34.8 Å². The molecule has 11 heteroatoms. The molecule has 1 atom stereocenters. The molecule has 0 aromatic carbocycles. The molecule has 1 unspecified atom stereocenters. The highest BCUT2D eigenvalue weighted by molar-refractivity contribution is 7.10. The molecule has 1 N–H and O–H groups in total. The first-order chi connectivity index (χ1) is 12.7. The number of esters is 1. The van der Waals surface area contributed by atoms with Gasteiger partial charge in [0.15, 0.2) is 6.61 Å². The molecule has 0 aliphatic carbocycles. The first kappa shape index (κ1) is 21.0. The van der Waals surface area contributed by atoms with Gasteiger partial charge in [0, 0.05) is 11.1 Å². The van der Waals surface area contributed by atoms with Crippen LogP contribution in [0.1, 0.15) is 27.7 Å². The lowest BCUT2D eigenvalue weighted by molar-refractivity contribution is -0.154. The van der Waals surface area contributed by atoms with E-state index in [-0.39, 0.29) is 17.0 Å². The summed E-state index contributed by atoms with van der Waals surface area (Å²) in [5.74, 6) is -1.55. The maximum absolute atomic E-state index is 12.4. The zero-order chi connectivity index (χ0) is 20.0. The predicted molar refractivity (Wildman–Crippen MR) is 92.0 cm³/mol. The summed E-state index contributed by atoms with van der Waals surface area (Å²) in [7, 11) is 1.24. The molecular weight excluding hydrogens is 409 g/mol. The van der Waals surface area contributed by atoms with Crippen molar-refractivity contribution in [2.75, 3.05) is 13.7 Å². The first-order valence-corrected chi connectivity index (χ1v) is 8.71. The number of carbonyl (C=O) groups excluding carboxylic acids is 2. The second-order valence-electron chi connectivity index (χ2n) is 5.24. The fourth-order valence-electron chi connectivity index (χ4n) is 2.01. The standard InChI is InChI=1S/C16H14ClF3N2O4S/c1-25-13(23)6-11(12-3-2-4-27-12)22-14(24)9-5-10(17)15(21-7-9)26-8-16(18,19)20/h2-5,7,11H,6,8H2,1H3,(H,22,24). The number of rotatable bonds is 7. The Morgan fingerprint density at radius 3 is 2.70 bits per heavy atom. The number of hydrogen-bond donors (Lipinski definition) is 1. The molecule has 0 bridgehead atoms. The fourth-order valence-corrected chi connectivity index (χ4v) is 3.01. The van der Waals surface area contributed by atoms with Crippen LogP contribution in [0, 0.1) is 0 Å². The molecule has 0 saturated heterocycles. The van der Waals surface area contributed by atoms with E-state index in [0.717, 1.165) is 17.1 Å². The lowest BCUT2D eigenvalue weighted by Gasteiger charge is -2.17. The normalized spacial score (nSPS) is 12.3. The monoisotopic (exact) mass is 422 g/mol. The van der Waals surface area contributed by atoms with Gasteiger partial charge in [-0.3, -0.25) is 9.59 Å². The molecule has 0 aliphatic heterocycles. The Kier molecular flexibility index (Phi) is 7.03. The largest absolute Gasteiger partial charge is 0.469 e. The van der Waals surface area contributed by atoms with E-state index in [9.17, 15) is 22.8 Å². The Morgan fingerprint density at radius 2 is 2.15 bits per heavy atom. The second-order valence-corrected chi connectivity index (χ2v) is 6.62. The number of thiophene rings is 1. The minimum Gasteiger partial charge on any atom is -0.469 e. The van der Waals surface area contributed by atoms with E-state index < -0.39 is 36.6 Å². The van der Waals surface area contributed by atoms with E-state index in [4.69, 9.17) is 11.6 Å². The molecule has 146 valence electrons. The van der Waals surface area contributed by atoms with Crippen LogP contribution in [0.2, 0.25) is 5.02 Å². The van der Waals surface area contributed by atoms with Gasteiger partial charge in [0.2, 0.25) is 5.88 Å². The highest BCUT2D eigenvalue weighted by atomic mass is 35.5. The van der Waals surface area contributed by atoms with Crippen LogP contribution in [0.5, 0.6) is 5.88 Å². The smallest absolute Gasteiger partial charge is 0.422 e. The van der Waals surface area contributed by atoms with Crippen LogP contribution in [0.25, 0.3) is 0 Å². The highest BCUT2D eigenvalue weighted by Gasteiger charge is 2.29. The van der Waals surface area contributed by atoms with Gasteiger partial charge in [0.25, 0.3) is 5.91 Å². The zero-order valence-corrected chi connectivity index (χ0v) is 15.5. The van der Waals surface area contributed by atoms with Crippen molar-refractivity contribution in [3.63, 3.8) is 0 Å². The van der Waals surface area contributed by atoms with E-state index in [1.165, 1.54) is 18.4 Å². The van der Waals surface area contributed by atoms with E-state index in [1.807, 2.05) is 0 Å². The summed E-state index contributed by atoms with van der Waals surface area (Å²) >= 11 is 7.18. The van der Waals surface area contributed by atoms with Gasteiger partial charge in [-0.2, -0.15) is 13.2 Å². The number of amides is 1. The van der Waals surface area contributed by atoms with E-state index >= 15 is 0 Å². The fraction of sp³-hybridized carbons (Fsp3) is 0.312. The van der Waals surface area contributed by atoms with Crippen LogP contribution in [-0.4, -0.2) is 36.8 Å². The average molecular weight is 423 g/mol. The summed E-state index contributed by atoms with van der Waals surface area (Å²) in [4.78, 5) is 28.4. The molecule has 0 fully saturated rings. The number of carbonyl (C=O) groups is 2. The van der Waals surface area contributed by atoms with Crippen LogP contribution in [-0.2, 0) is 9.53 Å². The minimum absolute atomic E-state index is 0.00535. The number of pyridine rings is 1. The van der Waals surface area contributed by atoms with Crippen LogP contribution >= 0.6 is 22.9 Å². The molecule has 6 nitrogen and oxygen atoms in total. The Bertz CT molecular complexity index is 799. The third-order valence-corrected chi connectivity index (χ3v) is 4.49. The van der Waals surface area contributed by atoms with Crippen LogP contribution < -0.4 is 10.1 Å². The van der Waals surface area contributed by atoms with Crippen molar-refractivity contribution < 1.29 is 32.2 Å². The molecule has 0 radical (unpaired) electrons. The van der Waals surface area contributed by atoms with Gasteiger partial charge in [-0.15, -0.1) is 11.3 Å². The maximum atomic E-state index is 12.4. The summed E-state index contributed by atoms with van der Waals surface area (Å²) in [6, 6.07) is 4.02. The topological polar surface area (TPSA) is 77.5 Å². The van der Waals surface area contributed by atoms with Crippen LogP contribution in [0.15, 0.2) is 29.8 Å². The first-order valence-electron chi connectivity index (χ1n) is 7.46. The Labute approximate surface area is 161 Å². The van der Waals surface area contributed by atoms with Gasteiger partial charge < -0.3 is 14.8 Å². The highest BCUT2D eigenvalue weighted by Crippen LogP contribution is 2.26. The third-order valence-electron chi connectivity index (χ3n) is 3.23. The van der Waals surface area contributed by atoms with Gasteiger partial charge in [0.1, 0.15) is 5.02 Å². The SMILES string of the molecule is COC(=O)CC(NC(=O)c1cnc(OCC(F)(F)F)c(Cl)c1)c1cccs1. The summed E-state index contributed by atoms with van der Waals surface area (Å²) < 4.78 is 45.7. The maximum Gasteiger partial charge on any atom is 0.422 e. The lowest BCUT2D eigenvalue weighted by Crippen LogP contribution is -2.30. The van der Waals surface area contributed by atoms with Gasteiger partial charge in [0.05, 0.1) is 25.1 Å². The number of ether oxygens (including phenoxy) is 2. The number of hydrogen-bond acceptors (Lipinski definition) is 6. The van der Waals surface area contributed by atoms with Gasteiger partial charge in [-0.25, -0.2) is 4.98 Å². The zero-order valence-electron chi connectivity index (χ0n) is 13.9. The molecule has 0 saturated carbocycles. The van der Waals surface area contributed by atoms with E-state index in [0.29, 0.717) is 0 Å². The van der Waals surface area contributed by atoms with Gasteiger partial charge in [-0.05, 0) is 17.5 Å². The molecule has 0 spiro atoms. The number of aromatic nitrogens is 1. The van der Waals surface area contributed by atoms with Crippen LogP contribution in [0.4, 0.5) is 13.2 Å². The summed E-state index contributed by atoms with van der Waals surface area (Å²) in [6.45, 7) is -1.55. The lowest BCUT2D eigenvalue weighted by atomic mass is 10.1. The summed E-state index contributed by atoms with van der Waals surface area (Å²) in [5, 5.41) is 4.20. The number of nitrogens with one attached hydrogen (secondary N) is 1. The van der Waals surface area contributed by atoms with Crippen molar-refractivity contribution in [3.8, 4) is 5.88 Å². The molecule has 2 heterocycles. The molecule has 0 aliphatic rings. The number of alkyl halides is 3. The third kappa shape index (κ3) is 6.40. The summed E-state index contributed by atoms with van der Waals surface area (Å²) in [5.41, 5.74) is 0.00535. The van der Waals surface area contributed by atoms with Crippen molar-refractivity contribution in [2.24, 2.45) is 0 Å². The summed E-state index contributed by atoms with van der Waals surface area (Å²) in [6.07, 6.45) is -3.59. The van der Waals surface area contributed by atoms with Gasteiger partial charge in [-0.1, -0.05) is 17.7 Å². The Balaban J connectivity index is 2.11. The second kappa shape index (κ2) is 9.05. The van der Waals surface area contributed by atoms with Crippen molar-refractivity contribution in [1.29, 1.82) is 0 Å². The van der Waals surface area contributed by atoms with Gasteiger partial charge >= 0.3 is 12.1 Å². The molecule has 2 aromatic heterocycles. The molecule has 2 aromatic rings. The van der Waals surface area contributed by atoms with E-state index in [2.05, 4.69) is 19.8 Å².